The van der Waals surface area contributed by atoms with Crippen molar-refractivity contribution in [3.8, 4) is 16.9 Å². The first-order valence-electron chi connectivity index (χ1n) is 9.33. The number of carbonyl (C=O) groups is 1. The summed E-state index contributed by atoms with van der Waals surface area (Å²) in [4.78, 5) is 11.4. The average molecular weight is 393 g/mol. The van der Waals surface area contributed by atoms with Crippen LogP contribution in [-0.4, -0.2) is 16.7 Å². The Balaban J connectivity index is 1.70. The van der Waals surface area contributed by atoms with Crippen molar-refractivity contribution in [2.75, 3.05) is 0 Å². The topological polar surface area (TPSA) is 46.5 Å². The van der Waals surface area contributed by atoms with Gasteiger partial charge in [-0.3, -0.25) is 0 Å². The Hall–Kier alpha value is -2.78. The molecule has 142 valence electrons. The summed E-state index contributed by atoms with van der Waals surface area (Å²) in [6.45, 7) is 2.13. The fourth-order valence-electron chi connectivity index (χ4n) is 3.85. The van der Waals surface area contributed by atoms with E-state index in [1.807, 2.05) is 36.4 Å². The van der Waals surface area contributed by atoms with Gasteiger partial charge in [-0.1, -0.05) is 54.1 Å². The van der Waals surface area contributed by atoms with Gasteiger partial charge in [0.1, 0.15) is 11.4 Å². The second-order valence-corrected chi connectivity index (χ2v) is 7.97. The molecule has 3 aromatic carbocycles. The first kappa shape index (κ1) is 18.6. The summed E-state index contributed by atoms with van der Waals surface area (Å²) in [6.07, 6.45) is 2.58. The molecular formula is C24H21ClO3. The lowest BCUT2D eigenvalue weighted by Crippen LogP contribution is -2.38. The number of halogens is 1. The first-order chi connectivity index (χ1) is 13.4. The van der Waals surface area contributed by atoms with Crippen LogP contribution in [0.2, 0.25) is 5.02 Å². The molecule has 0 unspecified atom stereocenters. The van der Waals surface area contributed by atoms with E-state index in [1.165, 1.54) is 0 Å². The minimum atomic E-state index is -0.932. The number of aryl methyl sites for hydroxylation is 1. The average Bonchev–Trinajstić information content (AvgIpc) is 2.67. The van der Waals surface area contributed by atoms with E-state index in [2.05, 4.69) is 19.1 Å². The zero-order valence-corrected chi connectivity index (χ0v) is 16.4. The Bertz CT molecular complexity index is 1040. The van der Waals surface area contributed by atoms with Crippen LogP contribution in [0.5, 0.6) is 5.75 Å². The highest BCUT2D eigenvalue weighted by Crippen LogP contribution is 2.42. The van der Waals surface area contributed by atoms with Crippen molar-refractivity contribution in [1.82, 2.24) is 0 Å². The van der Waals surface area contributed by atoms with Gasteiger partial charge in [0.2, 0.25) is 0 Å². The highest BCUT2D eigenvalue weighted by atomic mass is 35.5. The Morgan fingerprint density at radius 3 is 2.68 bits per heavy atom. The molecule has 3 aromatic rings. The van der Waals surface area contributed by atoms with Gasteiger partial charge in [0.05, 0.1) is 5.56 Å². The molecule has 1 N–H and O–H groups in total. The maximum absolute atomic E-state index is 11.4. The minimum absolute atomic E-state index is 0.271. The van der Waals surface area contributed by atoms with Crippen molar-refractivity contribution in [2.24, 2.45) is 0 Å². The van der Waals surface area contributed by atoms with Crippen molar-refractivity contribution in [3.63, 3.8) is 0 Å². The van der Waals surface area contributed by atoms with Crippen LogP contribution < -0.4 is 4.74 Å². The van der Waals surface area contributed by atoms with E-state index in [1.54, 1.807) is 18.2 Å². The Morgan fingerprint density at radius 2 is 1.89 bits per heavy atom. The van der Waals surface area contributed by atoms with Crippen LogP contribution in [0.25, 0.3) is 11.1 Å². The highest BCUT2D eigenvalue weighted by molar-refractivity contribution is 6.30. The van der Waals surface area contributed by atoms with Gasteiger partial charge < -0.3 is 9.84 Å². The monoisotopic (exact) mass is 392 g/mol. The molecule has 4 heteroatoms. The molecule has 3 nitrogen and oxygen atoms in total. The van der Waals surface area contributed by atoms with Gasteiger partial charge in [-0.25, -0.2) is 4.79 Å². The lowest BCUT2D eigenvalue weighted by atomic mass is 9.85. The Kier molecular flexibility index (Phi) is 4.86. The molecule has 1 aliphatic rings. The van der Waals surface area contributed by atoms with Crippen molar-refractivity contribution in [2.45, 2.75) is 31.8 Å². The zero-order chi connectivity index (χ0) is 19.7. The molecule has 0 radical (unpaired) electrons. The molecule has 1 atom stereocenters. The number of hydrogen-bond acceptors (Lipinski definition) is 2. The van der Waals surface area contributed by atoms with E-state index in [9.17, 15) is 9.90 Å². The summed E-state index contributed by atoms with van der Waals surface area (Å²) in [7, 11) is 0. The normalized spacial score (nSPS) is 18.2. The number of aromatic carboxylic acids is 1. The Morgan fingerprint density at radius 1 is 1.11 bits per heavy atom. The molecule has 4 rings (SSSR count). The molecule has 28 heavy (non-hydrogen) atoms. The summed E-state index contributed by atoms with van der Waals surface area (Å²) in [5.41, 5.74) is 4.00. The van der Waals surface area contributed by atoms with Crippen molar-refractivity contribution in [1.29, 1.82) is 0 Å². The van der Waals surface area contributed by atoms with Gasteiger partial charge in [0, 0.05) is 17.0 Å². The van der Waals surface area contributed by atoms with E-state index in [0.29, 0.717) is 0 Å². The van der Waals surface area contributed by atoms with Gasteiger partial charge in [-0.2, -0.15) is 0 Å². The fraction of sp³-hybridized carbons (Fsp3) is 0.208. The van der Waals surface area contributed by atoms with Gasteiger partial charge in [0.15, 0.2) is 0 Å². The van der Waals surface area contributed by atoms with Gasteiger partial charge >= 0.3 is 5.97 Å². The van der Waals surface area contributed by atoms with Crippen LogP contribution in [0.3, 0.4) is 0 Å². The van der Waals surface area contributed by atoms with Crippen molar-refractivity contribution < 1.29 is 14.6 Å². The fourth-order valence-corrected chi connectivity index (χ4v) is 4.06. The Labute approximate surface area is 169 Å². The molecule has 0 saturated heterocycles. The van der Waals surface area contributed by atoms with E-state index in [4.69, 9.17) is 16.3 Å². The maximum Gasteiger partial charge on any atom is 0.335 e. The molecule has 1 heterocycles. The van der Waals surface area contributed by atoms with Gasteiger partial charge in [-0.05, 0) is 60.7 Å². The number of rotatable bonds is 4. The number of carboxylic acid groups (broad SMARTS) is 1. The number of benzene rings is 3. The van der Waals surface area contributed by atoms with Crippen molar-refractivity contribution in [3.05, 3.63) is 88.4 Å². The standard InChI is InChI=1S/C24H21ClO3/c1-24(15-16-5-2-9-20(25)13-16)12-11-17-6-4-10-21(22(17)28-24)18-7-3-8-19(14-18)23(26)27/h2-10,13-14H,11-12,15H2,1H3,(H,26,27)/t24-/m0/s1. The summed E-state index contributed by atoms with van der Waals surface area (Å²) in [6, 6.07) is 21.0. The quantitative estimate of drug-likeness (QED) is 0.589. The van der Waals surface area contributed by atoms with Crippen LogP contribution in [0.4, 0.5) is 0 Å². The first-order valence-corrected chi connectivity index (χ1v) is 9.70. The summed E-state index contributed by atoms with van der Waals surface area (Å²) in [5, 5.41) is 10.0. The maximum atomic E-state index is 11.4. The zero-order valence-electron chi connectivity index (χ0n) is 15.6. The lowest BCUT2D eigenvalue weighted by Gasteiger charge is -2.37. The van der Waals surface area contributed by atoms with Crippen LogP contribution in [-0.2, 0) is 12.8 Å². The summed E-state index contributed by atoms with van der Waals surface area (Å²) in [5.74, 6) is -0.0841. The number of fused-ring (bicyclic) bond motifs is 1. The third-order valence-corrected chi connectivity index (χ3v) is 5.49. The van der Waals surface area contributed by atoms with Crippen LogP contribution in [0, 0.1) is 0 Å². The summed E-state index contributed by atoms with van der Waals surface area (Å²) < 4.78 is 6.56. The minimum Gasteiger partial charge on any atom is -0.486 e. The SMILES string of the molecule is C[C@@]1(Cc2cccc(Cl)c2)CCc2cccc(-c3cccc(C(=O)O)c3)c2O1. The molecule has 1 aliphatic heterocycles. The smallest absolute Gasteiger partial charge is 0.335 e. The number of ether oxygens (including phenoxy) is 1. The molecular weight excluding hydrogens is 372 g/mol. The molecule has 0 fully saturated rings. The second-order valence-electron chi connectivity index (χ2n) is 7.54. The lowest BCUT2D eigenvalue weighted by molar-refractivity contribution is 0.0660. The van der Waals surface area contributed by atoms with E-state index >= 15 is 0 Å². The van der Waals surface area contributed by atoms with E-state index in [0.717, 1.165) is 52.3 Å². The number of hydrogen-bond donors (Lipinski definition) is 1. The predicted octanol–water partition coefficient (Wildman–Crippen LogP) is 6.03. The second kappa shape index (κ2) is 7.33. The van der Waals surface area contributed by atoms with Crippen LogP contribution in [0.15, 0.2) is 66.7 Å². The number of carboxylic acids is 1. The number of para-hydroxylation sites is 1. The van der Waals surface area contributed by atoms with E-state index < -0.39 is 5.97 Å². The molecule has 0 saturated carbocycles. The van der Waals surface area contributed by atoms with Gasteiger partial charge in [-0.15, -0.1) is 0 Å². The predicted molar refractivity (Wildman–Crippen MR) is 111 cm³/mol. The highest BCUT2D eigenvalue weighted by Gasteiger charge is 2.33. The van der Waals surface area contributed by atoms with Crippen molar-refractivity contribution >= 4 is 17.6 Å². The van der Waals surface area contributed by atoms with Crippen LogP contribution in [0.1, 0.15) is 34.8 Å². The van der Waals surface area contributed by atoms with E-state index in [-0.39, 0.29) is 11.2 Å². The molecule has 0 spiro atoms. The molecule has 0 aliphatic carbocycles. The third kappa shape index (κ3) is 3.76. The molecule has 0 bridgehead atoms. The van der Waals surface area contributed by atoms with Gasteiger partial charge in [0.25, 0.3) is 0 Å². The largest absolute Gasteiger partial charge is 0.486 e. The third-order valence-electron chi connectivity index (χ3n) is 5.26. The summed E-state index contributed by atoms with van der Waals surface area (Å²) >= 11 is 6.15. The molecule has 0 amide bonds. The molecule has 0 aromatic heterocycles. The van der Waals surface area contributed by atoms with Crippen LogP contribution >= 0.6 is 11.6 Å².